The molecule has 2 rings (SSSR count). The number of amides is 1. The van der Waals surface area contributed by atoms with Crippen molar-refractivity contribution in [3.05, 3.63) is 0 Å². The van der Waals surface area contributed by atoms with Crippen molar-refractivity contribution in [1.29, 1.82) is 0 Å². The molecule has 6 nitrogen and oxygen atoms in total. The van der Waals surface area contributed by atoms with E-state index in [4.69, 9.17) is 10.5 Å². The summed E-state index contributed by atoms with van der Waals surface area (Å²) in [6.07, 6.45) is 2.20. The molecule has 19 heavy (non-hydrogen) atoms. The van der Waals surface area contributed by atoms with Gasteiger partial charge >= 0.3 is 5.97 Å². The van der Waals surface area contributed by atoms with Crippen LogP contribution in [-0.4, -0.2) is 53.2 Å². The first-order chi connectivity index (χ1) is 9.02. The molecule has 2 fully saturated rings. The van der Waals surface area contributed by atoms with E-state index in [2.05, 4.69) is 0 Å². The molecule has 0 radical (unpaired) electrons. The van der Waals surface area contributed by atoms with Crippen LogP contribution in [0.15, 0.2) is 0 Å². The molecule has 0 bridgehead atoms. The minimum absolute atomic E-state index is 0.0686. The van der Waals surface area contributed by atoms with E-state index in [0.717, 1.165) is 12.8 Å². The zero-order chi connectivity index (χ0) is 14.0. The number of carbonyl (C=O) groups excluding carboxylic acids is 1. The van der Waals surface area contributed by atoms with E-state index in [1.54, 1.807) is 0 Å². The smallest absolute Gasteiger partial charge is 0.326 e. The van der Waals surface area contributed by atoms with Gasteiger partial charge in [-0.15, -0.1) is 0 Å². The van der Waals surface area contributed by atoms with Crippen molar-refractivity contribution in [3.63, 3.8) is 0 Å². The lowest BCUT2D eigenvalue weighted by atomic mass is 9.92. The number of piperidine rings is 1. The summed E-state index contributed by atoms with van der Waals surface area (Å²) in [5.74, 6) is -0.769. The molecule has 3 N–H and O–H groups in total. The summed E-state index contributed by atoms with van der Waals surface area (Å²) < 4.78 is 5.57. The lowest BCUT2D eigenvalue weighted by Gasteiger charge is -2.37. The second kappa shape index (κ2) is 5.88. The van der Waals surface area contributed by atoms with Gasteiger partial charge in [0.05, 0.1) is 6.10 Å². The first-order valence-electron chi connectivity index (χ1n) is 6.91. The Morgan fingerprint density at radius 2 is 2.11 bits per heavy atom. The van der Waals surface area contributed by atoms with Gasteiger partial charge in [-0.1, -0.05) is 6.92 Å². The lowest BCUT2D eigenvalue weighted by Crippen LogP contribution is -2.53. The molecule has 2 aliphatic rings. The molecule has 108 valence electrons. The zero-order valence-corrected chi connectivity index (χ0v) is 11.2. The molecule has 4 atom stereocenters. The highest BCUT2D eigenvalue weighted by molar-refractivity contribution is 5.86. The minimum Gasteiger partial charge on any atom is -0.480 e. The Balaban J connectivity index is 2.02. The van der Waals surface area contributed by atoms with E-state index in [0.29, 0.717) is 31.8 Å². The predicted molar refractivity (Wildman–Crippen MR) is 68.5 cm³/mol. The highest BCUT2D eigenvalue weighted by atomic mass is 16.5. The Hall–Kier alpha value is -1.14. The topological polar surface area (TPSA) is 92.9 Å². The molecule has 0 aromatic heterocycles. The number of aliphatic carboxylic acids is 1. The summed E-state index contributed by atoms with van der Waals surface area (Å²) in [5.41, 5.74) is 5.52. The van der Waals surface area contributed by atoms with Gasteiger partial charge < -0.3 is 20.5 Å². The van der Waals surface area contributed by atoms with Crippen LogP contribution >= 0.6 is 0 Å². The summed E-state index contributed by atoms with van der Waals surface area (Å²) in [5, 5.41) is 9.26. The van der Waals surface area contributed by atoms with Crippen molar-refractivity contribution in [2.45, 2.75) is 50.9 Å². The van der Waals surface area contributed by atoms with Crippen LogP contribution in [-0.2, 0) is 14.3 Å². The van der Waals surface area contributed by atoms with E-state index in [-0.39, 0.29) is 12.0 Å². The first kappa shape index (κ1) is 14.3. The van der Waals surface area contributed by atoms with E-state index in [1.165, 1.54) is 4.90 Å². The van der Waals surface area contributed by atoms with Gasteiger partial charge in [0.15, 0.2) is 0 Å². The maximum atomic E-state index is 12.4. The molecular formula is C13H22N2O4. The molecule has 0 saturated carbocycles. The molecule has 0 aromatic carbocycles. The largest absolute Gasteiger partial charge is 0.480 e. The average Bonchev–Trinajstić information content (AvgIpc) is 2.86. The van der Waals surface area contributed by atoms with Crippen LogP contribution < -0.4 is 5.73 Å². The maximum absolute atomic E-state index is 12.4. The van der Waals surface area contributed by atoms with Crippen molar-refractivity contribution in [1.82, 2.24) is 4.90 Å². The van der Waals surface area contributed by atoms with Crippen LogP contribution in [0.4, 0.5) is 0 Å². The SMILES string of the molecule is CC1CCN(C(=O)C2CCC(CN)O2)C(C(=O)O)C1. The van der Waals surface area contributed by atoms with Crippen LogP contribution in [0.1, 0.15) is 32.6 Å². The normalized spacial score (nSPS) is 35.4. The van der Waals surface area contributed by atoms with Crippen LogP contribution in [0.2, 0.25) is 0 Å². The highest BCUT2D eigenvalue weighted by Gasteiger charge is 2.40. The molecule has 2 heterocycles. The number of carbonyl (C=O) groups is 2. The monoisotopic (exact) mass is 270 g/mol. The van der Waals surface area contributed by atoms with Crippen LogP contribution in [0.5, 0.6) is 0 Å². The number of rotatable bonds is 3. The van der Waals surface area contributed by atoms with Crippen molar-refractivity contribution >= 4 is 11.9 Å². The minimum atomic E-state index is -0.923. The van der Waals surface area contributed by atoms with Crippen molar-refractivity contribution in [2.24, 2.45) is 11.7 Å². The fourth-order valence-electron chi connectivity index (χ4n) is 2.89. The van der Waals surface area contributed by atoms with Gasteiger partial charge in [0.2, 0.25) is 0 Å². The standard InChI is InChI=1S/C13H22N2O4/c1-8-4-5-15(10(6-8)13(17)18)12(16)11-3-2-9(7-14)19-11/h8-11H,2-7,14H2,1H3,(H,17,18). The molecule has 2 aliphatic heterocycles. The Bertz CT molecular complexity index is 361. The predicted octanol–water partition coefficient (Wildman–Crippen LogP) is 0.204. The first-order valence-corrected chi connectivity index (χ1v) is 6.91. The van der Waals surface area contributed by atoms with E-state index >= 15 is 0 Å². The number of carboxylic acid groups (broad SMARTS) is 1. The summed E-state index contributed by atoms with van der Waals surface area (Å²) in [7, 11) is 0. The number of hydrogen-bond donors (Lipinski definition) is 2. The third kappa shape index (κ3) is 3.06. The van der Waals surface area contributed by atoms with Gasteiger partial charge in [-0.25, -0.2) is 4.79 Å². The Labute approximate surface area is 112 Å². The Morgan fingerprint density at radius 1 is 1.37 bits per heavy atom. The Kier molecular flexibility index (Phi) is 4.42. The summed E-state index contributed by atoms with van der Waals surface area (Å²) in [4.78, 5) is 25.2. The van der Waals surface area contributed by atoms with Gasteiger partial charge in [0, 0.05) is 13.1 Å². The maximum Gasteiger partial charge on any atom is 0.326 e. The van der Waals surface area contributed by atoms with Gasteiger partial charge in [0.1, 0.15) is 12.1 Å². The molecule has 4 unspecified atom stereocenters. The van der Waals surface area contributed by atoms with E-state index in [9.17, 15) is 14.7 Å². The summed E-state index contributed by atoms with van der Waals surface area (Å²) in [6, 6.07) is -0.711. The molecule has 0 aromatic rings. The molecule has 2 saturated heterocycles. The van der Waals surface area contributed by atoms with Crippen molar-refractivity contribution < 1.29 is 19.4 Å². The quantitative estimate of drug-likeness (QED) is 0.764. The molecule has 1 amide bonds. The summed E-state index contributed by atoms with van der Waals surface area (Å²) >= 11 is 0. The summed E-state index contributed by atoms with van der Waals surface area (Å²) in [6.45, 7) is 2.93. The zero-order valence-electron chi connectivity index (χ0n) is 11.2. The molecule has 0 aliphatic carbocycles. The van der Waals surface area contributed by atoms with Crippen LogP contribution in [0.25, 0.3) is 0 Å². The third-order valence-electron chi connectivity index (χ3n) is 4.08. The van der Waals surface area contributed by atoms with E-state index in [1.807, 2.05) is 6.92 Å². The number of nitrogens with two attached hydrogens (primary N) is 1. The fourth-order valence-corrected chi connectivity index (χ4v) is 2.89. The van der Waals surface area contributed by atoms with Crippen LogP contribution in [0, 0.1) is 5.92 Å². The molecule has 0 spiro atoms. The average molecular weight is 270 g/mol. The van der Waals surface area contributed by atoms with Crippen molar-refractivity contribution in [2.75, 3.05) is 13.1 Å². The fraction of sp³-hybridized carbons (Fsp3) is 0.846. The molecule has 6 heteroatoms. The van der Waals surface area contributed by atoms with Gasteiger partial charge in [-0.05, 0) is 31.6 Å². The van der Waals surface area contributed by atoms with Crippen molar-refractivity contribution in [3.8, 4) is 0 Å². The number of ether oxygens (including phenoxy) is 1. The third-order valence-corrected chi connectivity index (χ3v) is 4.08. The number of carboxylic acids is 1. The second-order valence-electron chi connectivity index (χ2n) is 5.58. The van der Waals surface area contributed by atoms with Gasteiger partial charge in [-0.2, -0.15) is 0 Å². The number of hydrogen-bond acceptors (Lipinski definition) is 4. The molecular weight excluding hydrogens is 248 g/mol. The second-order valence-corrected chi connectivity index (χ2v) is 5.58. The van der Waals surface area contributed by atoms with Gasteiger partial charge in [-0.3, -0.25) is 4.79 Å². The Morgan fingerprint density at radius 3 is 2.68 bits per heavy atom. The van der Waals surface area contributed by atoms with Crippen LogP contribution in [0.3, 0.4) is 0 Å². The highest BCUT2D eigenvalue weighted by Crippen LogP contribution is 2.27. The van der Waals surface area contributed by atoms with E-state index < -0.39 is 18.1 Å². The lowest BCUT2D eigenvalue weighted by molar-refractivity contribution is -0.158. The number of nitrogens with zero attached hydrogens (tertiary/aromatic N) is 1. The number of likely N-dealkylation sites (tertiary alicyclic amines) is 1. The van der Waals surface area contributed by atoms with Gasteiger partial charge in [0.25, 0.3) is 5.91 Å².